The number of benzene rings is 1. The van der Waals surface area contributed by atoms with E-state index in [4.69, 9.17) is 4.74 Å². The molecule has 0 saturated carbocycles. The normalized spacial score (nSPS) is 20.4. The van der Waals surface area contributed by atoms with Crippen molar-refractivity contribution in [3.63, 3.8) is 0 Å². The highest BCUT2D eigenvalue weighted by molar-refractivity contribution is 6.00. The molecule has 2 saturated heterocycles. The molecule has 2 amide bonds. The molecule has 0 atom stereocenters. The number of para-hydroxylation sites is 1. The molecule has 2 fully saturated rings. The SMILES string of the molecule is CCOC(=O)N1CCC(N2CCC3(CC2)CN(C(C)=O)c2c(-c4ccncc4)cccc23)CC1. The summed E-state index contributed by atoms with van der Waals surface area (Å²) in [6, 6.07) is 11.0. The molecule has 0 bridgehead atoms. The highest BCUT2D eigenvalue weighted by Crippen LogP contribution is 2.51. The predicted molar refractivity (Wildman–Crippen MR) is 132 cm³/mol. The molecule has 1 aromatic carbocycles. The summed E-state index contributed by atoms with van der Waals surface area (Å²) in [6.45, 7) is 8.29. The van der Waals surface area contributed by atoms with Gasteiger partial charge in [0.2, 0.25) is 5.91 Å². The average molecular weight is 463 g/mol. The van der Waals surface area contributed by atoms with Crippen LogP contribution in [0.1, 0.15) is 45.1 Å². The van der Waals surface area contributed by atoms with Crippen LogP contribution in [0.15, 0.2) is 42.7 Å². The molecule has 0 N–H and O–H groups in total. The molecule has 4 heterocycles. The highest BCUT2D eigenvalue weighted by Gasteiger charge is 2.47. The van der Waals surface area contributed by atoms with Gasteiger partial charge in [-0.1, -0.05) is 18.2 Å². The van der Waals surface area contributed by atoms with Gasteiger partial charge in [0.25, 0.3) is 0 Å². The number of fused-ring (bicyclic) bond motifs is 2. The third kappa shape index (κ3) is 4.06. The molecule has 0 radical (unpaired) electrons. The molecule has 3 aliphatic rings. The first-order valence-electron chi connectivity index (χ1n) is 12.5. The second kappa shape index (κ2) is 9.37. The number of likely N-dealkylation sites (tertiary alicyclic amines) is 2. The number of hydrogen-bond acceptors (Lipinski definition) is 5. The fourth-order valence-corrected chi connectivity index (χ4v) is 6.14. The Balaban J connectivity index is 1.33. The van der Waals surface area contributed by atoms with Crippen molar-refractivity contribution in [1.29, 1.82) is 0 Å². The van der Waals surface area contributed by atoms with Gasteiger partial charge in [-0.3, -0.25) is 9.78 Å². The van der Waals surface area contributed by atoms with Gasteiger partial charge in [-0.05, 0) is 69.0 Å². The van der Waals surface area contributed by atoms with Crippen LogP contribution in [0.5, 0.6) is 0 Å². The van der Waals surface area contributed by atoms with E-state index in [-0.39, 0.29) is 17.4 Å². The zero-order valence-corrected chi connectivity index (χ0v) is 20.2. The molecule has 7 heteroatoms. The Labute approximate surface area is 201 Å². The fourth-order valence-electron chi connectivity index (χ4n) is 6.14. The monoisotopic (exact) mass is 462 g/mol. The summed E-state index contributed by atoms with van der Waals surface area (Å²) >= 11 is 0. The molecule has 34 heavy (non-hydrogen) atoms. The van der Waals surface area contributed by atoms with Crippen molar-refractivity contribution < 1.29 is 14.3 Å². The van der Waals surface area contributed by atoms with Crippen LogP contribution in [0.25, 0.3) is 11.1 Å². The maximum atomic E-state index is 12.7. The lowest BCUT2D eigenvalue weighted by Crippen LogP contribution is -2.52. The van der Waals surface area contributed by atoms with Gasteiger partial charge in [0.05, 0.1) is 12.3 Å². The quantitative estimate of drug-likeness (QED) is 0.688. The van der Waals surface area contributed by atoms with Crippen LogP contribution < -0.4 is 4.90 Å². The Morgan fingerprint density at radius 3 is 2.41 bits per heavy atom. The molecule has 0 aliphatic carbocycles. The Morgan fingerprint density at radius 1 is 1.06 bits per heavy atom. The van der Waals surface area contributed by atoms with Crippen molar-refractivity contribution in [3.05, 3.63) is 48.3 Å². The van der Waals surface area contributed by atoms with E-state index in [9.17, 15) is 9.59 Å². The number of carbonyl (C=O) groups excluding carboxylic acids is 2. The van der Waals surface area contributed by atoms with E-state index < -0.39 is 0 Å². The topological polar surface area (TPSA) is 66.0 Å². The summed E-state index contributed by atoms with van der Waals surface area (Å²) in [4.78, 5) is 35.4. The number of nitrogens with zero attached hydrogens (tertiary/aromatic N) is 4. The van der Waals surface area contributed by atoms with Crippen molar-refractivity contribution in [2.24, 2.45) is 0 Å². The number of piperidine rings is 2. The van der Waals surface area contributed by atoms with Crippen LogP contribution in [0.3, 0.4) is 0 Å². The van der Waals surface area contributed by atoms with E-state index in [2.05, 4.69) is 28.1 Å². The first-order valence-corrected chi connectivity index (χ1v) is 12.5. The number of hydrogen-bond donors (Lipinski definition) is 0. The Morgan fingerprint density at radius 2 is 1.76 bits per heavy atom. The molecule has 1 aromatic heterocycles. The summed E-state index contributed by atoms with van der Waals surface area (Å²) in [6.07, 6.45) is 7.51. The Kier molecular flexibility index (Phi) is 6.30. The summed E-state index contributed by atoms with van der Waals surface area (Å²) < 4.78 is 5.17. The minimum Gasteiger partial charge on any atom is -0.450 e. The fraction of sp³-hybridized carbons (Fsp3) is 0.519. The molecule has 7 nitrogen and oxygen atoms in total. The maximum absolute atomic E-state index is 12.7. The van der Waals surface area contributed by atoms with Gasteiger partial charge in [0, 0.05) is 56.0 Å². The molecular formula is C27H34N4O3. The van der Waals surface area contributed by atoms with E-state index in [1.54, 1.807) is 6.92 Å². The highest BCUT2D eigenvalue weighted by atomic mass is 16.6. The number of carbonyl (C=O) groups is 2. The van der Waals surface area contributed by atoms with E-state index in [0.717, 1.165) is 75.2 Å². The summed E-state index contributed by atoms with van der Waals surface area (Å²) in [5.74, 6) is 0.105. The lowest BCUT2D eigenvalue weighted by Gasteiger charge is -2.45. The number of rotatable bonds is 3. The number of ether oxygens (including phenoxy) is 1. The molecule has 2 aromatic rings. The third-order valence-corrected chi connectivity index (χ3v) is 7.97. The summed E-state index contributed by atoms with van der Waals surface area (Å²) in [5.41, 5.74) is 4.61. The van der Waals surface area contributed by atoms with Crippen LogP contribution in [0.2, 0.25) is 0 Å². The average Bonchev–Trinajstić information content (AvgIpc) is 3.20. The minimum atomic E-state index is -0.185. The van der Waals surface area contributed by atoms with Crippen molar-refractivity contribution in [3.8, 4) is 11.1 Å². The van der Waals surface area contributed by atoms with Gasteiger partial charge in [0.15, 0.2) is 0 Å². The van der Waals surface area contributed by atoms with Crippen LogP contribution in [-0.2, 0) is 14.9 Å². The van der Waals surface area contributed by atoms with Crippen molar-refractivity contribution >= 4 is 17.7 Å². The molecular weight excluding hydrogens is 428 g/mol. The molecule has 3 aliphatic heterocycles. The van der Waals surface area contributed by atoms with E-state index in [1.165, 1.54) is 5.56 Å². The van der Waals surface area contributed by atoms with Crippen LogP contribution in [-0.4, -0.2) is 72.2 Å². The molecule has 0 unspecified atom stereocenters. The standard InChI is InChI=1S/C27H34N4O3/c1-3-34-26(33)30-15-9-22(10-16-30)29-17-11-27(12-18-29)19-31(20(2)32)25-23(5-4-6-24(25)27)21-7-13-28-14-8-21/h4-8,13-14,22H,3,9-12,15-19H2,1-2H3. The van der Waals surface area contributed by atoms with Crippen molar-refractivity contribution in [1.82, 2.24) is 14.8 Å². The summed E-state index contributed by atoms with van der Waals surface area (Å²) in [7, 11) is 0. The van der Waals surface area contributed by atoms with Crippen molar-refractivity contribution in [2.45, 2.75) is 51.0 Å². The second-order valence-electron chi connectivity index (χ2n) is 9.78. The maximum Gasteiger partial charge on any atom is 0.409 e. The van der Waals surface area contributed by atoms with Gasteiger partial charge in [-0.15, -0.1) is 0 Å². The van der Waals surface area contributed by atoms with E-state index in [0.29, 0.717) is 12.6 Å². The van der Waals surface area contributed by atoms with E-state index >= 15 is 0 Å². The van der Waals surface area contributed by atoms with Crippen LogP contribution in [0.4, 0.5) is 10.5 Å². The number of anilines is 1. The Bertz CT molecular complexity index is 1040. The van der Waals surface area contributed by atoms with Gasteiger partial charge in [0.1, 0.15) is 0 Å². The summed E-state index contributed by atoms with van der Waals surface area (Å²) in [5, 5.41) is 0. The van der Waals surface area contributed by atoms with Gasteiger partial charge in [-0.2, -0.15) is 0 Å². The second-order valence-corrected chi connectivity index (χ2v) is 9.78. The smallest absolute Gasteiger partial charge is 0.409 e. The predicted octanol–water partition coefficient (Wildman–Crippen LogP) is 4.07. The lowest BCUT2D eigenvalue weighted by molar-refractivity contribution is -0.116. The zero-order valence-electron chi connectivity index (χ0n) is 20.2. The van der Waals surface area contributed by atoms with E-state index in [1.807, 2.05) is 41.2 Å². The Hall–Kier alpha value is -2.93. The number of pyridine rings is 1. The van der Waals surface area contributed by atoms with Gasteiger partial charge >= 0.3 is 6.09 Å². The third-order valence-electron chi connectivity index (χ3n) is 7.97. The first kappa shape index (κ1) is 22.8. The number of amides is 2. The largest absolute Gasteiger partial charge is 0.450 e. The first-order chi connectivity index (χ1) is 16.5. The number of aromatic nitrogens is 1. The molecule has 1 spiro atoms. The molecule has 5 rings (SSSR count). The van der Waals surface area contributed by atoms with Crippen LogP contribution >= 0.6 is 0 Å². The minimum absolute atomic E-state index is 0.00613. The van der Waals surface area contributed by atoms with Gasteiger partial charge in [-0.25, -0.2) is 4.79 Å². The molecule has 180 valence electrons. The lowest BCUT2D eigenvalue weighted by atomic mass is 9.73. The van der Waals surface area contributed by atoms with Crippen molar-refractivity contribution in [2.75, 3.05) is 44.2 Å². The van der Waals surface area contributed by atoms with Crippen LogP contribution in [0, 0.1) is 0 Å². The zero-order chi connectivity index (χ0) is 23.7. The van der Waals surface area contributed by atoms with Gasteiger partial charge < -0.3 is 19.4 Å².